The van der Waals surface area contributed by atoms with Gasteiger partial charge in [-0.1, -0.05) is 0 Å². The van der Waals surface area contributed by atoms with Crippen molar-refractivity contribution in [3.05, 3.63) is 0 Å². The van der Waals surface area contributed by atoms with Gasteiger partial charge in [-0.25, -0.2) is 0 Å². The van der Waals surface area contributed by atoms with Crippen LogP contribution in [0.2, 0.25) is 0 Å². The Labute approximate surface area is 113 Å². The molecule has 0 saturated carbocycles. The maximum atomic E-state index is 2.50. The van der Waals surface area contributed by atoms with E-state index in [1.54, 1.807) is 0 Å². The summed E-state index contributed by atoms with van der Waals surface area (Å²) in [5, 5.41) is 0. The molecular weight excluding hydrogens is 264 g/mol. The van der Waals surface area contributed by atoms with E-state index >= 15 is 0 Å². The molecule has 0 fully saturated rings. The third kappa shape index (κ3) is 9.84. The Morgan fingerprint density at radius 1 is 0.769 bits per heavy atom. The molecule has 0 rings (SSSR count). The van der Waals surface area contributed by atoms with Crippen LogP contribution in [0.3, 0.4) is 0 Å². The summed E-state index contributed by atoms with van der Waals surface area (Å²) in [6, 6.07) is 1.33. The summed E-state index contributed by atoms with van der Waals surface area (Å²) in [4.78, 5) is 2.50. The van der Waals surface area contributed by atoms with Crippen LogP contribution in [0.15, 0.2) is 0 Å². The van der Waals surface area contributed by atoms with Crippen LogP contribution in [0.1, 0.15) is 34.6 Å². The van der Waals surface area contributed by atoms with E-state index in [1.165, 1.54) is 0 Å². The van der Waals surface area contributed by atoms with Crippen molar-refractivity contribution >= 4 is 37.2 Å². The second kappa shape index (κ2) is 11.6. The van der Waals surface area contributed by atoms with Gasteiger partial charge in [0.05, 0.1) is 0 Å². The summed E-state index contributed by atoms with van der Waals surface area (Å²) in [7, 11) is 0. The molecule has 1 atom stereocenters. The second-order valence-electron chi connectivity index (χ2n) is 3.31. The Hall–Kier alpha value is 1.54. The molecule has 0 bridgehead atoms. The van der Waals surface area contributed by atoms with Gasteiger partial charge < -0.3 is 0 Å². The second-order valence-corrected chi connectivity index (χ2v) is 4.62. The molecule has 0 saturated heterocycles. The maximum Gasteiger partial charge on any atom is -0.147 e. The quantitative estimate of drug-likeness (QED) is 0.719. The van der Waals surface area contributed by atoms with Gasteiger partial charge in [-0.2, -0.15) is 0 Å². The standard InChI is InChI=1S/C8H18N.3ClH.Ti/c1-6-9(7(2)3)8(4)5;;;;/h6-8H,1-5H3;3*1H;. The predicted octanol–water partition coefficient (Wildman–Crippen LogP) is 3.26. The summed E-state index contributed by atoms with van der Waals surface area (Å²) >= 11 is 2.25. The maximum absolute atomic E-state index is 2.50. The molecule has 0 aromatic carbocycles. The van der Waals surface area contributed by atoms with Crippen molar-refractivity contribution in [2.45, 2.75) is 51.0 Å². The SMILES string of the molecule is CC(C)N(C(C)C)[CH](C)[Ti].Cl.Cl.Cl. The van der Waals surface area contributed by atoms with Gasteiger partial charge in [0.1, 0.15) is 0 Å². The smallest absolute Gasteiger partial charge is 0.147 e. The van der Waals surface area contributed by atoms with Crippen molar-refractivity contribution < 1.29 is 20.4 Å². The molecular formula is C8H21Cl3NTi. The molecule has 1 unspecified atom stereocenters. The Balaban J connectivity index is -0.000000135. The van der Waals surface area contributed by atoms with Crippen LogP contribution in [0.4, 0.5) is 0 Å². The van der Waals surface area contributed by atoms with Crippen molar-refractivity contribution in [1.29, 1.82) is 0 Å². The summed E-state index contributed by atoms with van der Waals surface area (Å²) in [5.41, 5.74) is 0. The average molecular weight is 285 g/mol. The van der Waals surface area contributed by atoms with Crippen molar-refractivity contribution in [2.75, 3.05) is 0 Å². The first-order valence-corrected chi connectivity index (χ1v) is 4.85. The van der Waals surface area contributed by atoms with Crippen molar-refractivity contribution in [3.63, 3.8) is 0 Å². The van der Waals surface area contributed by atoms with Gasteiger partial charge in [-0.3, -0.25) is 0 Å². The Morgan fingerprint density at radius 2 is 1.00 bits per heavy atom. The molecule has 13 heavy (non-hydrogen) atoms. The predicted molar refractivity (Wildman–Crippen MR) is 63.3 cm³/mol. The van der Waals surface area contributed by atoms with Crippen LogP contribution in [0.25, 0.3) is 0 Å². The third-order valence-corrected chi connectivity index (χ3v) is 2.11. The minimum absolute atomic E-state index is 0. The number of rotatable bonds is 3. The van der Waals surface area contributed by atoms with Gasteiger partial charge in [0, 0.05) is 0 Å². The van der Waals surface area contributed by atoms with Crippen LogP contribution in [-0.2, 0) is 20.4 Å². The zero-order valence-corrected chi connectivity index (χ0v) is 12.9. The first-order valence-electron chi connectivity index (χ1n) is 3.95. The third-order valence-electron chi connectivity index (χ3n) is 1.64. The molecule has 0 heterocycles. The monoisotopic (exact) mass is 284 g/mol. The van der Waals surface area contributed by atoms with Crippen LogP contribution >= 0.6 is 37.2 Å². The van der Waals surface area contributed by atoms with E-state index < -0.39 is 0 Å². The van der Waals surface area contributed by atoms with E-state index in [9.17, 15) is 0 Å². The minimum atomic E-state index is 0. The first-order chi connectivity index (χ1) is 4.46. The largest absolute Gasteiger partial charge is 0.147 e. The Kier molecular flexibility index (Phi) is 21.4. The first kappa shape index (κ1) is 24.0. The molecule has 0 aliphatic heterocycles. The van der Waals surface area contributed by atoms with E-state index in [1.807, 2.05) is 0 Å². The fourth-order valence-electron chi connectivity index (χ4n) is 1.49. The number of hydrogen-bond donors (Lipinski definition) is 0. The van der Waals surface area contributed by atoms with Gasteiger partial charge >= 0.3 is 76.4 Å². The molecule has 0 spiro atoms. The van der Waals surface area contributed by atoms with Gasteiger partial charge in [-0.05, 0) is 0 Å². The van der Waals surface area contributed by atoms with Crippen LogP contribution in [-0.4, -0.2) is 21.3 Å². The van der Waals surface area contributed by atoms with Gasteiger partial charge in [0.2, 0.25) is 0 Å². The van der Waals surface area contributed by atoms with Gasteiger partial charge in [0.15, 0.2) is 0 Å². The zero-order valence-electron chi connectivity index (χ0n) is 8.90. The molecule has 5 heteroatoms. The Morgan fingerprint density at radius 3 is 1.00 bits per heavy atom. The number of nitrogens with zero attached hydrogens (tertiary/aromatic N) is 1. The van der Waals surface area contributed by atoms with E-state index in [0.717, 1.165) is 0 Å². The van der Waals surface area contributed by atoms with Crippen molar-refractivity contribution in [1.82, 2.24) is 4.90 Å². The minimum Gasteiger partial charge on any atom is -0.147 e. The van der Waals surface area contributed by atoms with E-state index in [0.29, 0.717) is 16.4 Å². The summed E-state index contributed by atoms with van der Waals surface area (Å²) in [5.74, 6) is 0. The molecule has 0 N–H and O–H groups in total. The average Bonchev–Trinajstić information content (AvgIpc) is 1.59. The molecule has 0 aliphatic rings. The van der Waals surface area contributed by atoms with Crippen LogP contribution in [0, 0.1) is 0 Å². The van der Waals surface area contributed by atoms with Crippen molar-refractivity contribution in [2.24, 2.45) is 0 Å². The molecule has 83 valence electrons. The van der Waals surface area contributed by atoms with Crippen LogP contribution < -0.4 is 0 Å². The molecule has 0 aromatic rings. The molecule has 0 radical (unpaired) electrons. The van der Waals surface area contributed by atoms with Gasteiger partial charge in [-0.15, -0.1) is 37.2 Å². The Bertz CT molecular complexity index is 80.4. The fourth-order valence-corrected chi connectivity index (χ4v) is 2.42. The van der Waals surface area contributed by atoms with Crippen molar-refractivity contribution in [3.8, 4) is 0 Å². The van der Waals surface area contributed by atoms with E-state index in [2.05, 4.69) is 60.0 Å². The summed E-state index contributed by atoms with van der Waals surface area (Å²) < 4.78 is 0.667. The summed E-state index contributed by atoms with van der Waals surface area (Å²) in [6.45, 7) is 11.2. The fraction of sp³-hybridized carbons (Fsp3) is 1.00. The molecule has 1 nitrogen and oxygen atoms in total. The zero-order chi connectivity index (χ0) is 8.31. The molecule has 0 amide bonds. The van der Waals surface area contributed by atoms with E-state index in [-0.39, 0.29) is 37.2 Å². The molecule has 0 aliphatic carbocycles. The van der Waals surface area contributed by atoms with Gasteiger partial charge in [0.25, 0.3) is 0 Å². The molecule has 0 aromatic heterocycles. The number of halogens is 3. The van der Waals surface area contributed by atoms with Crippen LogP contribution in [0.5, 0.6) is 0 Å². The summed E-state index contributed by atoms with van der Waals surface area (Å²) in [6.07, 6.45) is 0. The van der Waals surface area contributed by atoms with E-state index in [4.69, 9.17) is 0 Å². The normalized spacial score (nSPS) is 11.6. The number of hydrogen-bond acceptors (Lipinski definition) is 1. The topological polar surface area (TPSA) is 3.24 Å².